The lowest BCUT2D eigenvalue weighted by atomic mass is 10.1. The molecule has 2 amide bonds. The second kappa shape index (κ2) is 13.6. The summed E-state index contributed by atoms with van der Waals surface area (Å²) in [5.41, 5.74) is 3.99. The summed E-state index contributed by atoms with van der Waals surface area (Å²) >= 11 is 0. The van der Waals surface area contributed by atoms with Crippen molar-refractivity contribution >= 4 is 47.1 Å². The molecule has 0 bridgehead atoms. The van der Waals surface area contributed by atoms with Gasteiger partial charge in [0.05, 0.1) is 25.5 Å². The molecule has 0 fully saturated rings. The van der Waals surface area contributed by atoms with Gasteiger partial charge in [-0.05, 0) is 30.7 Å². The smallest absolute Gasteiger partial charge is 0.471 e. The number of fused-ring (bicyclic) bond motifs is 1. The number of alkyl halides is 3. The lowest BCUT2D eigenvalue weighted by Crippen LogP contribution is -2.42. The third kappa shape index (κ3) is 7.95. The van der Waals surface area contributed by atoms with Crippen LogP contribution in [-0.4, -0.2) is 68.6 Å². The number of benzene rings is 1. The summed E-state index contributed by atoms with van der Waals surface area (Å²) in [6.45, 7) is 0.864. The van der Waals surface area contributed by atoms with Crippen LogP contribution in [-0.2, 0) is 25.7 Å². The van der Waals surface area contributed by atoms with Gasteiger partial charge in [-0.15, -0.1) is 0 Å². The Morgan fingerprint density at radius 3 is 2.40 bits per heavy atom. The number of ether oxygens (including phenoxy) is 1. The Morgan fingerprint density at radius 1 is 1.23 bits per heavy atom. The molecule has 5 N–H and O–H groups in total. The van der Waals surface area contributed by atoms with Crippen LogP contribution in [0.2, 0.25) is 0 Å². The fraction of sp³-hybridized carbons (Fsp3) is 0.304. The van der Waals surface area contributed by atoms with E-state index < -0.39 is 42.1 Å². The summed E-state index contributed by atoms with van der Waals surface area (Å²) in [5.74, 6) is -3.72. The highest BCUT2D eigenvalue weighted by Gasteiger charge is 2.43. The molecule has 14 nitrogen and oxygen atoms in total. The van der Waals surface area contributed by atoms with Gasteiger partial charge in [0.2, 0.25) is 5.95 Å². The van der Waals surface area contributed by atoms with Crippen LogP contribution in [0.4, 0.5) is 24.8 Å². The predicted octanol–water partition coefficient (Wildman–Crippen LogP) is 1.16. The van der Waals surface area contributed by atoms with Gasteiger partial charge in [-0.25, -0.2) is 14.8 Å². The number of halogens is 3. The number of H-pyrrole nitrogens is 1. The number of nitrogens with one attached hydrogen (secondary N) is 2. The quantitative estimate of drug-likeness (QED) is 0.224. The van der Waals surface area contributed by atoms with Crippen LogP contribution < -0.4 is 21.5 Å². The standard InChI is InChI=1S/C22H22F3N7O5.CH2O2/c1-3-4-14(19(35)37-2)29-17(33)11-5-7-13(8-6-11)32(20(36)22(23,24)25)10-12-9-27-16-15(28-12)18(34)31-21(26)30-16;2-1-3/h5-9,14H,3-4,10H2,1-2H3,(H,29,33)(H3,26,27,30,31,34);1H,(H,2,3). The Kier molecular flexibility index (Phi) is 10.6. The van der Waals surface area contributed by atoms with Gasteiger partial charge in [-0.2, -0.15) is 18.2 Å². The summed E-state index contributed by atoms with van der Waals surface area (Å²) < 4.78 is 44.8. The number of nitrogen functional groups attached to an aromatic ring is 1. The van der Waals surface area contributed by atoms with E-state index in [0.29, 0.717) is 17.7 Å². The van der Waals surface area contributed by atoms with E-state index in [1.807, 2.05) is 6.92 Å². The van der Waals surface area contributed by atoms with Gasteiger partial charge >= 0.3 is 18.1 Å². The summed E-state index contributed by atoms with van der Waals surface area (Å²) in [7, 11) is 1.18. The molecule has 2 heterocycles. The van der Waals surface area contributed by atoms with Gasteiger partial charge in [0.25, 0.3) is 17.9 Å². The molecule has 0 spiro atoms. The van der Waals surface area contributed by atoms with E-state index in [-0.39, 0.29) is 40.5 Å². The molecular formula is C23H24F3N7O7. The first-order valence-corrected chi connectivity index (χ1v) is 11.3. The van der Waals surface area contributed by atoms with Crippen molar-refractivity contribution in [3.63, 3.8) is 0 Å². The molecule has 0 aliphatic heterocycles. The molecular weight excluding hydrogens is 543 g/mol. The number of hydrogen-bond acceptors (Lipinski definition) is 10. The molecule has 0 aliphatic carbocycles. The maximum Gasteiger partial charge on any atom is 0.471 e. The van der Waals surface area contributed by atoms with Gasteiger partial charge in [0, 0.05) is 11.3 Å². The molecule has 2 aromatic heterocycles. The summed E-state index contributed by atoms with van der Waals surface area (Å²) in [4.78, 5) is 71.3. The number of amides is 2. The average Bonchev–Trinajstić information content (AvgIpc) is 2.90. The highest BCUT2D eigenvalue weighted by atomic mass is 19.4. The minimum Gasteiger partial charge on any atom is -0.483 e. The number of esters is 1. The Balaban J connectivity index is 0.00000178. The molecule has 1 aromatic carbocycles. The van der Waals surface area contributed by atoms with Crippen molar-refractivity contribution in [2.24, 2.45) is 0 Å². The largest absolute Gasteiger partial charge is 0.483 e. The second-order valence-electron chi connectivity index (χ2n) is 7.86. The molecule has 3 rings (SSSR count). The number of hydrogen-bond donors (Lipinski definition) is 4. The highest BCUT2D eigenvalue weighted by molar-refractivity contribution is 5.99. The number of methoxy groups -OCH3 is 1. The van der Waals surface area contributed by atoms with Gasteiger partial charge in [0.1, 0.15) is 6.04 Å². The van der Waals surface area contributed by atoms with E-state index in [1.54, 1.807) is 0 Å². The first kappa shape index (κ1) is 31.1. The topological polar surface area (TPSA) is 211 Å². The minimum atomic E-state index is -5.23. The monoisotopic (exact) mass is 567 g/mol. The maximum absolute atomic E-state index is 13.4. The van der Waals surface area contributed by atoms with Crippen molar-refractivity contribution in [2.75, 3.05) is 17.7 Å². The molecule has 1 atom stereocenters. The van der Waals surface area contributed by atoms with Crippen molar-refractivity contribution in [3.8, 4) is 0 Å². The SMILES string of the molecule is CCCC(NC(=O)c1ccc(N(Cc2cnc3nc(N)[nH]c(=O)c3n2)C(=O)C(F)(F)F)cc1)C(=O)OC.O=CO. The summed E-state index contributed by atoms with van der Waals surface area (Å²) in [6.07, 6.45) is -3.27. The molecule has 40 heavy (non-hydrogen) atoms. The predicted molar refractivity (Wildman–Crippen MR) is 133 cm³/mol. The zero-order valence-electron chi connectivity index (χ0n) is 21.1. The first-order chi connectivity index (χ1) is 18.9. The number of carbonyl (C=O) groups excluding carboxylic acids is 3. The van der Waals surface area contributed by atoms with Crippen LogP contribution in [0.15, 0.2) is 35.3 Å². The van der Waals surface area contributed by atoms with Crippen LogP contribution in [0, 0.1) is 0 Å². The van der Waals surface area contributed by atoms with Gasteiger partial charge < -0.3 is 20.9 Å². The zero-order valence-corrected chi connectivity index (χ0v) is 21.1. The van der Waals surface area contributed by atoms with E-state index in [4.69, 9.17) is 15.6 Å². The molecule has 17 heteroatoms. The molecule has 0 aliphatic rings. The number of aromatic amines is 1. The molecule has 0 saturated carbocycles. The Morgan fingerprint density at radius 2 is 1.85 bits per heavy atom. The fourth-order valence-corrected chi connectivity index (χ4v) is 3.36. The Bertz CT molecular complexity index is 1430. The molecule has 3 aromatic rings. The van der Waals surface area contributed by atoms with E-state index in [0.717, 1.165) is 18.3 Å². The van der Waals surface area contributed by atoms with Gasteiger partial charge in [0.15, 0.2) is 11.2 Å². The molecule has 0 radical (unpaired) electrons. The van der Waals surface area contributed by atoms with E-state index >= 15 is 0 Å². The van der Waals surface area contributed by atoms with Crippen molar-refractivity contribution < 1.29 is 42.2 Å². The number of nitrogens with zero attached hydrogens (tertiary/aromatic N) is 4. The maximum atomic E-state index is 13.4. The van der Waals surface area contributed by atoms with Crippen molar-refractivity contribution in [1.82, 2.24) is 25.3 Å². The Labute approximate surface area is 223 Å². The van der Waals surface area contributed by atoms with E-state index in [9.17, 15) is 32.3 Å². The normalized spacial score (nSPS) is 11.5. The third-order valence-corrected chi connectivity index (χ3v) is 5.10. The van der Waals surface area contributed by atoms with Crippen LogP contribution in [0.25, 0.3) is 11.2 Å². The third-order valence-electron chi connectivity index (χ3n) is 5.10. The number of nitrogens with two attached hydrogens (primary N) is 1. The van der Waals surface area contributed by atoms with E-state index in [2.05, 4.69) is 30.0 Å². The summed E-state index contributed by atoms with van der Waals surface area (Å²) in [5, 5.41) is 9.40. The fourth-order valence-electron chi connectivity index (χ4n) is 3.36. The lowest BCUT2D eigenvalue weighted by Gasteiger charge is -2.24. The lowest BCUT2D eigenvalue weighted by molar-refractivity contribution is -0.170. The van der Waals surface area contributed by atoms with Crippen LogP contribution in [0.1, 0.15) is 35.8 Å². The van der Waals surface area contributed by atoms with Crippen LogP contribution in [0.3, 0.4) is 0 Å². The number of carboxylic acid groups (broad SMARTS) is 1. The van der Waals surface area contributed by atoms with E-state index in [1.165, 1.54) is 19.2 Å². The molecule has 214 valence electrons. The first-order valence-electron chi connectivity index (χ1n) is 11.3. The minimum absolute atomic E-state index is 0.0360. The highest BCUT2D eigenvalue weighted by Crippen LogP contribution is 2.26. The number of rotatable bonds is 8. The molecule has 0 saturated heterocycles. The average molecular weight is 567 g/mol. The number of anilines is 2. The van der Waals surface area contributed by atoms with Crippen molar-refractivity contribution in [1.29, 1.82) is 0 Å². The zero-order chi connectivity index (χ0) is 30.0. The van der Waals surface area contributed by atoms with Crippen LogP contribution >= 0.6 is 0 Å². The summed E-state index contributed by atoms with van der Waals surface area (Å²) in [6, 6.07) is 3.77. The van der Waals surface area contributed by atoms with Gasteiger partial charge in [-0.3, -0.25) is 29.1 Å². The van der Waals surface area contributed by atoms with Crippen molar-refractivity contribution in [3.05, 3.63) is 52.1 Å². The van der Waals surface area contributed by atoms with Crippen LogP contribution in [0.5, 0.6) is 0 Å². The van der Waals surface area contributed by atoms with Crippen molar-refractivity contribution in [2.45, 2.75) is 38.5 Å². The Hall–Kier alpha value is -5.09. The number of aromatic nitrogens is 4. The van der Waals surface area contributed by atoms with Gasteiger partial charge in [-0.1, -0.05) is 13.3 Å². The molecule has 1 unspecified atom stereocenters. The number of carbonyl (C=O) groups is 4. The second-order valence-corrected chi connectivity index (χ2v) is 7.86.